The molecular weight excluding hydrogens is 246 g/mol. The fourth-order valence-corrected chi connectivity index (χ4v) is 3.50. The zero-order chi connectivity index (χ0) is 14.2. The van der Waals surface area contributed by atoms with Crippen molar-refractivity contribution in [3.05, 3.63) is 0 Å². The topological polar surface area (TPSA) is 46.2 Å². The molecule has 0 aliphatic rings. The summed E-state index contributed by atoms with van der Waals surface area (Å²) in [5.41, 5.74) is 0.0930. The van der Waals surface area contributed by atoms with E-state index in [0.717, 1.165) is 32.4 Å². The summed E-state index contributed by atoms with van der Waals surface area (Å²) in [6.07, 6.45) is 2.49. The molecule has 0 aromatic heterocycles. The van der Waals surface area contributed by atoms with Gasteiger partial charge in [-0.15, -0.1) is 0 Å². The van der Waals surface area contributed by atoms with E-state index in [1.807, 2.05) is 6.92 Å². The minimum Gasteiger partial charge on any atom is -0.316 e. The van der Waals surface area contributed by atoms with Crippen molar-refractivity contribution in [2.45, 2.75) is 53.9 Å². The van der Waals surface area contributed by atoms with Crippen LogP contribution in [0.4, 0.5) is 0 Å². The van der Waals surface area contributed by atoms with E-state index in [-0.39, 0.29) is 5.41 Å². The minimum atomic E-state index is -2.84. The van der Waals surface area contributed by atoms with E-state index in [2.05, 4.69) is 33.0 Å². The summed E-state index contributed by atoms with van der Waals surface area (Å²) in [5, 5.41) is 3.45. The summed E-state index contributed by atoms with van der Waals surface area (Å²) >= 11 is 0. The predicted molar refractivity (Wildman–Crippen MR) is 79.7 cm³/mol. The minimum absolute atomic E-state index is 0.0930. The Morgan fingerprint density at radius 3 is 2.22 bits per heavy atom. The second-order valence-corrected chi connectivity index (χ2v) is 8.39. The molecule has 0 spiro atoms. The van der Waals surface area contributed by atoms with Crippen LogP contribution in [0.1, 0.15) is 53.9 Å². The first-order chi connectivity index (χ1) is 8.24. The van der Waals surface area contributed by atoms with Crippen LogP contribution in [0.5, 0.6) is 0 Å². The van der Waals surface area contributed by atoms with Gasteiger partial charge in [0, 0.05) is 12.3 Å². The number of sulfone groups is 1. The first kappa shape index (κ1) is 17.9. The molecule has 1 atom stereocenters. The van der Waals surface area contributed by atoms with E-state index in [4.69, 9.17) is 0 Å². The van der Waals surface area contributed by atoms with Crippen molar-refractivity contribution in [2.24, 2.45) is 11.3 Å². The van der Waals surface area contributed by atoms with Gasteiger partial charge in [0.2, 0.25) is 0 Å². The summed E-state index contributed by atoms with van der Waals surface area (Å²) in [4.78, 5) is 0. The second kappa shape index (κ2) is 8.16. The molecule has 4 heteroatoms. The Labute approximate surface area is 114 Å². The SMILES string of the molecule is CCCS(=O)(=O)CCC(C)(CC)CNCC(C)C. The molecule has 0 bridgehead atoms. The van der Waals surface area contributed by atoms with E-state index < -0.39 is 9.84 Å². The summed E-state index contributed by atoms with van der Waals surface area (Å²) in [7, 11) is -2.84. The Balaban J connectivity index is 4.22. The van der Waals surface area contributed by atoms with Crippen molar-refractivity contribution in [1.82, 2.24) is 5.32 Å². The monoisotopic (exact) mass is 277 g/mol. The third-order valence-electron chi connectivity index (χ3n) is 3.49. The molecule has 1 unspecified atom stereocenters. The molecule has 110 valence electrons. The highest BCUT2D eigenvalue weighted by atomic mass is 32.2. The van der Waals surface area contributed by atoms with Gasteiger partial charge in [-0.25, -0.2) is 8.42 Å². The molecule has 0 saturated heterocycles. The van der Waals surface area contributed by atoms with E-state index in [9.17, 15) is 8.42 Å². The molecule has 0 amide bonds. The van der Waals surface area contributed by atoms with Crippen LogP contribution in [0.15, 0.2) is 0 Å². The standard InChI is InChI=1S/C14H31NO2S/c1-6-9-18(16,17)10-8-14(5,7-2)12-15-11-13(3)4/h13,15H,6-12H2,1-5H3. The lowest BCUT2D eigenvalue weighted by molar-refractivity contribution is 0.277. The first-order valence-electron chi connectivity index (χ1n) is 7.16. The zero-order valence-corrected chi connectivity index (χ0v) is 13.6. The summed E-state index contributed by atoms with van der Waals surface area (Å²) in [5.74, 6) is 1.29. The van der Waals surface area contributed by atoms with Crippen LogP contribution < -0.4 is 5.32 Å². The Kier molecular flexibility index (Phi) is 8.11. The fraction of sp³-hybridized carbons (Fsp3) is 1.00. The number of nitrogens with one attached hydrogen (secondary N) is 1. The highest BCUT2D eigenvalue weighted by Gasteiger charge is 2.24. The van der Waals surface area contributed by atoms with Crippen LogP contribution in [0.3, 0.4) is 0 Å². The van der Waals surface area contributed by atoms with Crippen molar-refractivity contribution in [3.8, 4) is 0 Å². The van der Waals surface area contributed by atoms with Gasteiger partial charge in [0.05, 0.1) is 5.75 Å². The maximum atomic E-state index is 11.8. The molecule has 0 aliphatic heterocycles. The van der Waals surface area contributed by atoms with Crippen molar-refractivity contribution >= 4 is 9.84 Å². The van der Waals surface area contributed by atoms with Crippen LogP contribution in [-0.4, -0.2) is 33.0 Å². The van der Waals surface area contributed by atoms with E-state index in [1.54, 1.807) is 0 Å². The molecule has 0 radical (unpaired) electrons. The molecule has 0 aliphatic carbocycles. The van der Waals surface area contributed by atoms with Gasteiger partial charge in [0.15, 0.2) is 0 Å². The zero-order valence-electron chi connectivity index (χ0n) is 12.8. The molecule has 3 nitrogen and oxygen atoms in total. The normalized spacial score (nSPS) is 15.9. The Morgan fingerprint density at radius 1 is 1.17 bits per heavy atom. The van der Waals surface area contributed by atoms with Gasteiger partial charge in [0.1, 0.15) is 9.84 Å². The molecule has 0 aromatic carbocycles. The average Bonchev–Trinajstić information content (AvgIpc) is 2.26. The molecule has 0 saturated carbocycles. The first-order valence-corrected chi connectivity index (χ1v) is 8.98. The number of rotatable bonds is 10. The Bertz CT molecular complexity index is 312. The molecular formula is C14H31NO2S. The highest BCUT2D eigenvalue weighted by Crippen LogP contribution is 2.25. The average molecular weight is 277 g/mol. The number of hydrogen-bond acceptors (Lipinski definition) is 3. The van der Waals surface area contributed by atoms with Gasteiger partial charge in [-0.3, -0.25) is 0 Å². The molecule has 0 aromatic rings. The maximum absolute atomic E-state index is 11.8. The van der Waals surface area contributed by atoms with Crippen LogP contribution in [0, 0.1) is 11.3 Å². The van der Waals surface area contributed by atoms with Crippen LogP contribution in [-0.2, 0) is 9.84 Å². The number of hydrogen-bond donors (Lipinski definition) is 1. The third kappa shape index (κ3) is 8.09. The Morgan fingerprint density at radius 2 is 1.78 bits per heavy atom. The fourth-order valence-electron chi connectivity index (χ4n) is 1.87. The van der Waals surface area contributed by atoms with Crippen LogP contribution >= 0.6 is 0 Å². The highest BCUT2D eigenvalue weighted by molar-refractivity contribution is 7.91. The van der Waals surface area contributed by atoms with Crippen molar-refractivity contribution in [3.63, 3.8) is 0 Å². The van der Waals surface area contributed by atoms with Gasteiger partial charge in [-0.1, -0.05) is 34.6 Å². The molecule has 0 rings (SSSR count). The van der Waals surface area contributed by atoms with E-state index in [0.29, 0.717) is 17.4 Å². The Hall–Kier alpha value is -0.0900. The second-order valence-electron chi connectivity index (χ2n) is 6.09. The molecule has 1 N–H and O–H groups in total. The van der Waals surface area contributed by atoms with Crippen LogP contribution in [0.25, 0.3) is 0 Å². The lowest BCUT2D eigenvalue weighted by Crippen LogP contribution is -2.35. The van der Waals surface area contributed by atoms with Crippen molar-refractivity contribution in [2.75, 3.05) is 24.6 Å². The summed E-state index contributed by atoms with van der Waals surface area (Å²) in [6, 6.07) is 0. The summed E-state index contributed by atoms with van der Waals surface area (Å²) < 4.78 is 23.5. The summed E-state index contributed by atoms with van der Waals surface area (Å²) in [6.45, 7) is 12.5. The third-order valence-corrected chi connectivity index (χ3v) is 5.35. The molecule has 0 fully saturated rings. The quantitative estimate of drug-likeness (QED) is 0.668. The smallest absolute Gasteiger partial charge is 0.150 e. The van der Waals surface area contributed by atoms with Gasteiger partial charge >= 0.3 is 0 Å². The van der Waals surface area contributed by atoms with Crippen molar-refractivity contribution in [1.29, 1.82) is 0 Å². The van der Waals surface area contributed by atoms with Gasteiger partial charge in [-0.2, -0.15) is 0 Å². The molecule has 18 heavy (non-hydrogen) atoms. The van der Waals surface area contributed by atoms with E-state index >= 15 is 0 Å². The van der Waals surface area contributed by atoms with Crippen molar-refractivity contribution < 1.29 is 8.42 Å². The predicted octanol–water partition coefficient (Wildman–Crippen LogP) is 2.86. The largest absolute Gasteiger partial charge is 0.316 e. The lowest BCUT2D eigenvalue weighted by atomic mass is 9.84. The maximum Gasteiger partial charge on any atom is 0.150 e. The van der Waals surface area contributed by atoms with Gasteiger partial charge in [-0.05, 0) is 37.1 Å². The van der Waals surface area contributed by atoms with Crippen LogP contribution in [0.2, 0.25) is 0 Å². The molecule has 0 heterocycles. The van der Waals surface area contributed by atoms with Gasteiger partial charge in [0.25, 0.3) is 0 Å². The van der Waals surface area contributed by atoms with E-state index in [1.165, 1.54) is 0 Å². The lowest BCUT2D eigenvalue weighted by Gasteiger charge is -2.29. The van der Waals surface area contributed by atoms with Gasteiger partial charge < -0.3 is 5.32 Å².